The van der Waals surface area contributed by atoms with E-state index in [1.807, 2.05) is 0 Å². The van der Waals surface area contributed by atoms with Crippen LogP contribution in [0.2, 0.25) is 0 Å². The number of ether oxygens (including phenoxy) is 1. The van der Waals surface area contributed by atoms with Crippen LogP contribution in [0.25, 0.3) is 10.9 Å². The lowest BCUT2D eigenvalue weighted by Gasteiger charge is -2.10. The second kappa shape index (κ2) is 4.89. The molecule has 1 heterocycles. The molecule has 6 nitrogen and oxygen atoms in total. The van der Waals surface area contributed by atoms with E-state index in [1.54, 1.807) is 29.0 Å². The van der Waals surface area contributed by atoms with Gasteiger partial charge >= 0.3 is 0 Å². The standard InChI is InChI=1S/C12H13N3O3/c1-18-8-2-3-10-9(6-8)11(16)4-5-15(10)7-12(17)14-13/h2-6H,7,13H2,1H3,(H,14,17). The van der Waals surface area contributed by atoms with Crippen molar-refractivity contribution in [3.8, 4) is 5.75 Å². The van der Waals surface area contributed by atoms with Gasteiger partial charge in [0.2, 0.25) is 0 Å². The van der Waals surface area contributed by atoms with Crippen LogP contribution >= 0.6 is 0 Å². The Kier molecular flexibility index (Phi) is 3.29. The lowest BCUT2D eigenvalue weighted by atomic mass is 10.2. The van der Waals surface area contributed by atoms with Crippen LogP contribution in [0.4, 0.5) is 0 Å². The summed E-state index contributed by atoms with van der Waals surface area (Å²) in [6.07, 6.45) is 1.56. The quantitative estimate of drug-likeness (QED) is 0.454. The number of pyridine rings is 1. The predicted molar refractivity (Wildman–Crippen MR) is 67.1 cm³/mol. The van der Waals surface area contributed by atoms with Gasteiger partial charge in [-0.2, -0.15) is 0 Å². The van der Waals surface area contributed by atoms with Crippen LogP contribution in [0.15, 0.2) is 35.3 Å². The fraction of sp³-hybridized carbons (Fsp3) is 0.167. The number of nitrogens with zero attached hydrogens (tertiary/aromatic N) is 1. The average Bonchev–Trinajstić information content (AvgIpc) is 2.41. The first kappa shape index (κ1) is 12.1. The number of methoxy groups -OCH3 is 1. The number of nitrogens with two attached hydrogens (primary N) is 1. The maximum atomic E-state index is 11.8. The molecular formula is C12H13N3O3. The number of carbonyl (C=O) groups excluding carboxylic acids is 1. The van der Waals surface area contributed by atoms with E-state index in [4.69, 9.17) is 10.6 Å². The van der Waals surface area contributed by atoms with E-state index in [-0.39, 0.29) is 17.9 Å². The summed E-state index contributed by atoms with van der Waals surface area (Å²) in [5.74, 6) is 5.31. The summed E-state index contributed by atoms with van der Waals surface area (Å²) >= 11 is 0. The van der Waals surface area contributed by atoms with Gasteiger partial charge < -0.3 is 9.30 Å². The molecule has 1 amide bonds. The van der Waals surface area contributed by atoms with Crippen molar-refractivity contribution < 1.29 is 9.53 Å². The van der Waals surface area contributed by atoms with Crippen molar-refractivity contribution >= 4 is 16.8 Å². The van der Waals surface area contributed by atoms with Gasteiger partial charge in [-0.25, -0.2) is 5.84 Å². The van der Waals surface area contributed by atoms with Crippen molar-refractivity contribution in [1.29, 1.82) is 0 Å². The lowest BCUT2D eigenvalue weighted by Crippen LogP contribution is -2.33. The number of benzene rings is 1. The van der Waals surface area contributed by atoms with Crippen molar-refractivity contribution in [2.24, 2.45) is 5.84 Å². The summed E-state index contributed by atoms with van der Waals surface area (Å²) in [4.78, 5) is 23.0. The Hall–Kier alpha value is -2.34. The second-order valence-corrected chi connectivity index (χ2v) is 3.76. The minimum absolute atomic E-state index is 0.0552. The van der Waals surface area contributed by atoms with Gasteiger partial charge in [0, 0.05) is 17.6 Å². The Morgan fingerprint density at radius 3 is 2.89 bits per heavy atom. The summed E-state index contributed by atoms with van der Waals surface area (Å²) in [5, 5.41) is 0.502. The highest BCUT2D eigenvalue weighted by Gasteiger charge is 2.07. The Morgan fingerprint density at radius 2 is 2.22 bits per heavy atom. The number of aromatic nitrogens is 1. The average molecular weight is 247 g/mol. The van der Waals surface area contributed by atoms with Crippen LogP contribution in [-0.4, -0.2) is 17.6 Å². The fourth-order valence-electron chi connectivity index (χ4n) is 1.76. The Labute approximate surface area is 103 Å². The number of hydrazine groups is 1. The monoisotopic (exact) mass is 247 g/mol. The molecule has 1 aromatic heterocycles. The molecule has 94 valence electrons. The van der Waals surface area contributed by atoms with Gasteiger partial charge in [0.25, 0.3) is 5.91 Å². The summed E-state index contributed by atoms with van der Waals surface area (Å²) in [6, 6.07) is 6.53. The molecule has 2 aromatic rings. The highest BCUT2D eigenvalue weighted by Crippen LogP contribution is 2.17. The zero-order valence-electron chi connectivity index (χ0n) is 9.84. The zero-order valence-corrected chi connectivity index (χ0v) is 9.84. The van der Waals surface area contributed by atoms with Crippen LogP contribution in [0.1, 0.15) is 0 Å². The Morgan fingerprint density at radius 1 is 1.44 bits per heavy atom. The van der Waals surface area contributed by atoms with Crippen LogP contribution in [0, 0.1) is 0 Å². The number of carbonyl (C=O) groups is 1. The highest BCUT2D eigenvalue weighted by atomic mass is 16.5. The van der Waals surface area contributed by atoms with E-state index in [0.717, 1.165) is 0 Å². The van der Waals surface area contributed by atoms with Gasteiger partial charge in [0.05, 0.1) is 12.6 Å². The molecule has 0 aliphatic rings. The smallest absolute Gasteiger partial charge is 0.253 e. The number of nitrogens with one attached hydrogen (secondary N) is 1. The summed E-state index contributed by atoms with van der Waals surface area (Å²) in [7, 11) is 1.53. The third-order valence-corrected chi connectivity index (χ3v) is 2.66. The van der Waals surface area contributed by atoms with Crippen molar-refractivity contribution in [3.05, 3.63) is 40.7 Å². The SMILES string of the molecule is COc1ccc2c(c1)c(=O)ccn2CC(=O)NN. The lowest BCUT2D eigenvalue weighted by molar-refractivity contribution is -0.121. The zero-order chi connectivity index (χ0) is 13.1. The molecule has 0 radical (unpaired) electrons. The molecule has 0 aliphatic carbocycles. The molecule has 0 atom stereocenters. The van der Waals surface area contributed by atoms with Gasteiger partial charge in [-0.15, -0.1) is 0 Å². The molecule has 2 rings (SSSR count). The van der Waals surface area contributed by atoms with Crippen molar-refractivity contribution in [3.63, 3.8) is 0 Å². The van der Waals surface area contributed by atoms with E-state index in [1.165, 1.54) is 13.2 Å². The van der Waals surface area contributed by atoms with E-state index in [9.17, 15) is 9.59 Å². The third-order valence-electron chi connectivity index (χ3n) is 2.66. The maximum absolute atomic E-state index is 11.8. The normalized spacial score (nSPS) is 10.3. The van der Waals surface area contributed by atoms with Crippen molar-refractivity contribution in [1.82, 2.24) is 9.99 Å². The van der Waals surface area contributed by atoms with Gasteiger partial charge in [-0.05, 0) is 18.2 Å². The molecule has 0 fully saturated rings. The number of hydrogen-bond acceptors (Lipinski definition) is 4. The first-order valence-corrected chi connectivity index (χ1v) is 5.32. The minimum atomic E-state index is -0.337. The largest absolute Gasteiger partial charge is 0.497 e. The van der Waals surface area contributed by atoms with Gasteiger partial charge in [-0.1, -0.05) is 0 Å². The topological polar surface area (TPSA) is 86.3 Å². The van der Waals surface area contributed by atoms with Gasteiger partial charge in [0.15, 0.2) is 5.43 Å². The molecule has 0 saturated carbocycles. The first-order valence-electron chi connectivity index (χ1n) is 5.32. The Bertz CT molecular complexity index is 649. The van der Waals surface area contributed by atoms with E-state index < -0.39 is 0 Å². The van der Waals surface area contributed by atoms with Gasteiger partial charge in [-0.3, -0.25) is 15.0 Å². The molecule has 3 N–H and O–H groups in total. The molecule has 1 aromatic carbocycles. The molecule has 0 spiro atoms. The molecular weight excluding hydrogens is 234 g/mol. The summed E-state index contributed by atoms with van der Waals surface area (Å²) < 4.78 is 6.72. The van der Waals surface area contributed by atoms with Crippen molar-refractivity contribution in [2.45, 2.75) is 6.54 Å². The number of fused-ring (bicyclic) bond motifs is 1. The van der Waals surface area contributed by atoms with Crippen LogP contribution < -0.4 is 21.4 Å². The van der Waals surface area contributed by atoms with E-state index >= 15 is 0 Å². The molecule has 0 unspecified atom stereocenters. The van der Waals surface area contributed by atoms with Crippen LogP contribution in [0.5, 0.6) is 5.75 Å². The van der Waals surface area contributed by atoms with Crippen LogP contribution in [0.3, 0.4) is 0 Å². The number of rotatable bonds is 3. The molecule has 6 heteroatoms. The van der Waals surface area contributed by atoms with E-state index in [0.29, 0.717) is 16.7 Å². The second-order valence-electron chi connectivity index (χ2n) is 3.76. The molecule has 18 heavy (non-hydrogen) atoms. The highest BCUT2D eigenvalue weighted by molar-refractivity contribution is 5.83. The van der Waals surface area contributed by atoms with Crippen molar-refractivity contribution in [2.75, 3.05) is 7.11 Å². The fourth-order valence-corrected chi connectivity index (χ4v) is 1.76. The van der Waals surface area contributed by atoms with E-state index in [2.05, 4.69) is 5.43 Å². The number of hydrogen-bond donors (Lipinski definition) is 2. The Balaban J connectivity index is 2.59. The summed E-state index contributed by atoms with van der Waals surface area (Å²) in [6.45, 7) is 0.0552. The number of amides is 1. The first-order chi connectivity index (χ1) is 8.65. The molecule has 0 aliphatic heterocycles. The third kappa shape index (κ3) is 2.18. The maximum Gasteiger partial charge on any atom is 0.253 e. The molecule has 0 saturated heterocycles. The van der Waals surface area contributed by atoms with Gasteiger partial charge in [0.1, 0.15) is 12.3 Å². The predicted octanol–water partition coefficient (Wildman–Crippen LogP) is 0.000000000000000167. The minimum Gasteiger partial charge on any atom is -0.497 e. The van der Waals surface area contributed by atoms with Crippen LogP contribution in [-0.2, 0) is 11.3 Å². The molecule has 0 bridgehead atoms. The summed E-state index contributed by atoms with van der Waals surface area (Å²) in [5.41, 5.74) is 2.59.